The first-order valence-electron chi connectivity index (χ1n) is 12.1. The predicted octanol–water partition coefficient (Wildman–Crippen LogP) is 7.15. The highest BCUT2D eigenvalue weighted by molar-refractivity contribution is 6.12. The van der Waals surface area contributed by atoms with E-state index in [0.29, 0.717) is 23.4 Å². The average molecular weight is 480 g/mol. The van der Waals surface area contributed by atoms with Crippen LogP contribution in [-0.4, -0.2) is 15.3 Å². The number of nitrogens with one attached hydrogen (secondary N) is 2. The van der Waals surface area contributed by atoms with Crippen LogP contribution in [0, 0.1) is 20.8 Å². The molecule has 4 rings (SSSR count). The highest BCUT2D eigenvalue weighted by Gasteiger charge is 2.26. The molecule has 0 bridgehead atoms. The van der Waals surface area contributed by atoms with E-state index in [2.05, 4.69) is 66.5 Å². The molecule has 2 heterocycles. The second-order valence-electron chi connectivity index (χ2n) is 9.46. The first-order valence-corrected chi connectivity index (χ1v) is 12.1. The zero-order chi connectivity index (χ0) is 26.1. The van der Waals surface area contributed by atoms with Crippen LogP contribution in [0.1, 0.15) is 59.1 Å². The van der Waals surface area contributed by atoms with E-state index in [1.807, 2.05) is 26.0 Å². The molecule has 0 amide bonds. The van der Waals surface area contributed by atoms with Crippen molar-refractivity contribution in [3.63, 3.8) is 0 Å². The number of rotatable bonds is 7. The summed E-state index contributed by atoms with van der Waals surface area (Å²) in [5.41, 5.74) is 9.82. The number of allylic oxidation sites excluding steroid dienone is 2. The van der Waals surface area contributed by atoms with E-state index in [1.54, 1.807) is 25.3 Å². The van der Waals surface area contributed by atoms with Gasteiger partial charge in [-0.05, 0) is 86.7 Å². The number of aromatic nitrogens is 2. The van der Waals surface area contributed by atoms with Gasteiger partial charge in [-0.3, -0.25) is 9.59 Å². The van der Waals surface area contributed by atoms with Crippen LogP contribution in [0.2, 0.25) is 0 Å². The van der Waals surface area contributed by atoms with Gasteiger partial charge in [0.05, 0.1) is 11.2 Å². The lowest BCUT2D eigenvalue weighted by molar-refractivity contribution is 0.101. The highest BCUT2D eigenvalue weighted by atomic mass is 16.1. The molecular weight excluding hydrogens is 446 g/mol. The van der Waals surface area contributed by atoms with Crippen molar-refractivity contribution in [3.05, 3.63) is 105 Å². The fraction of sp³-hybridized carbons (Fsp3) is 0.226. The lowest BCUT2D eigenvalue weighted by Crippen LogP contribution is -2.12. The third-order valence-electron chi connectivity index (χ3n) is 6.59. The summed E-state index contributed by atoms with van der Waals surface area (Å²) in [7, 11) is 0. The Morgan fingerprint density at radius 3 is 2.47 bits per heavy atom. The maximum absolute atomic E-state index is 13.2. The largest absolute Gasteiger partial charge is 0.360 e. The first kappa shape index (κ1) is 25.0. The Bertz CT molecular complexity index is 1600. The first-order chi connectivity index (χ1) is 17.1. The number of aryl methyl sites for hydroxylation is 3. The van der Waals surface area contributed by atoms with Gasteiger partial charge in [0.2, 0.25) is 0 Å². The number of H-pyrrole nitrogens is 1. The number of ketones is 1. The minimum Gasteiger partial charge on any atom is -0.360 e. The van der Waals surface area contributed by atoms with Gasteiger partial charge in [-0.25, -0.2) is 0 Å². The average Bonchev–Trinajstić information content (AvgIpc) is 3.12. The van der Waals surface area contributed by atoms with Gasteiger partial charge in [0.25, 0.3) is 5.56 Å². The van der Waals surface area contributed by atoms with E-state index in [1.165, 1.54) is 0 Å². The van der Waals surface area contributed by atoms with Gasteiger partial charge < -0.3 is 14.9 Å². The van der Waals surface area contributed by atoms with Gasteiger partial charge in [0.1, 0.15) is 0 Å². The normalized spacial score (nSPS) is 11.4. The Balaban J connectivity index is 2.06. The molecule has 0 radical (unpaired) electrons. The molecule has 5 nitrogen and oxygen atoms in total. The summed E-state index contributed by atoms with van der Waals surface area (Å²) in [5, 5.41) is 4.23. The summed E-state index contributed by atoms with van der Waals surface area (Å²) >= 11 is 0. The molecule has 36 heavy (non-hydrogen) atoms. The Labute approximate surface area is 212 Å². The Morgan fingerprint density at radius 1 is 1.11 bits per heavy atom. The maximum Gasteiger partial charge on any atom is 0.255 e. The molecule has 0 aliphatic heterocycles. The summed E-state index contributed by atoms with van der Waals surface area (Å²) in [6.45, 7) is 16.2. The molecule has 0 aliphatic carbocycles. The molecule has 2 aromatic carbocycles. The van der Waals surface area contributed by atoms with E-state index in [-0.39, 0.29) is 11.3 Å². The molecule has 184 valence electrons. The SMILES string of the molecule is C=C(C)Nc1ccc(Cn2c(C(C)=O)c(-c3ccc[nH]c3=O)c3c(C)c(/C=C\C)c(C)cc32)cc1C. The van der Waals surface area contributed by atoms with Crippen LogP contribution in [-0.2, 0) is 6.54 Å². The zero-order valence-corrected chi connectivity index (χ0v) is 21.9. The molecular formula is C31H33N3O2. The number of Topliss-reactive ketones (excluding diaryl/α,β-unsaturated/α-hetero) is 1. The standard InChI is InChI=1S/C31H33N3O2/c1-8-10-24-19(4)16-27-28(21(24)6)29(25-11-9-14-32-31(25)36)30(22(7)35)34(27)17-23-12-13-26(20(5)15-23)33-18(2)3/h8-16,33H,2,17H2,1,3-7H3,(H,32,36)/b10-8-. The van der Waals surface area contributed by atoms with Crippen LogP contribution < -0.4 is 10.9 Å². The summed E-state index contributed by atoms with van der Waals surface area (Å²) in [5.74, 6) is -0.0774. The molecule has 0 fully saturated rings. The van der Waals surface area contributed by atoms with Gasteiger partial charge in [0.15, 0.2) is 5.78 Å². The maximum atomic E-state index is 13.2. The molecule has 0 saturated carbocycles. The number of anilines is 1. The third-order valence-corrected chi connectivity index (χ3v) is 6.59. The van der Waals surface area contributed by atoms with E-state index >= 15 is 0 Å². The zero-order valence-electron chi connectivity index (χ0n) is 21.9. The molecule has 0 unspecified atom stereocenters. The van der Waals surface area contributed by atoms with Crippen LogP contribution in [0.4, 0.5) is 5.69 Å². The summed E-state index contributed by atoms with van der Waals surface area (Å²) in [4.78, 5) is 29.0. The van der Waals surface area contributed by atoms with Crippen LogP contribution in [0.5, 0.6) is 0 Å². The topological polar surface area (TPSA) is 66.9 Å². The van der Waals surface area contributed by atoms with Crippen molar-refractivity contribution in [2.45, 2.75) is 48.1 Å². The molecule has 0 spiro atoms. The molecule has 5 heteroatoms. The number of carbonyl (C=O) groups is 1. The molecule has 4 aromatic rings. The second kappa shape index (κ2) is 9.86. The van der Waals surface area contributed by atoms with Gasteiger partial charge >= 0.3 is 0 Å². The Hall–Kier alpha value is -4.12. The minimum atomic E-state index is -0.210. The van der Waals surface area contributed by atoms with Crippen molar-refractivity contribution in [1.82, 2.24) is 9.55 Å². The number of nitrogens with zero attached hydrogens (tertiary/aromatic N) is 1. The van der Waals surface area contributed by atoms with Crippen LogP contribution in [0.25, 0.3) is 28.1 Å². The minimum absolute atomic E-state index is 0.0774. The lowest BCUT2D eigenvalue weighted by atomic mass is 9.93. The van der Waals surface area contributed by atoms with Crippen molar-refractivity contribution in [3.8, 4) is 11.1 Å². The highest BCUT2D eigenvalue weighted by Crippen LogP contribution is 2.39. The fourth-order valence-electron chi connectivity index (χ4n) is 5.09. The number of hydrogen-bond donors (Lipinski definition) is 2. The van der Waals surface area contributed by atoms with Crippen LogP contribution in [0.3, 0.4) is 0 Å². The number of carbonyl (C=O) groups excluding carboxylic acids is 1. The number of aromatic amines is 1. The number of benzene rings is 2. The van der Waals surface area contributed by atoms with Crippen LogP contribution in [0.15, 0.2) is 65.7 Å². The Kier molecular flexibility index (Phi) is 6.84. The molecule has 0 atom stereocenters. The molecule has 2 aromatic heterocycles. The molecule has 2 N–H and O–H groups in total. The molecule has 0 aliphatic rings. The van der Waals surface area contributed by atoms with E-state index < -0.39 is 0 Å². The summed E-state index contributed by atoms with van der Waals surface area (Å²) in [6.07, 6.45) is 5.72. The van der Waals surface area contributed by atoms with Crippen molar-refractivity contribution >= 4 is 28.4 Å². The summed E-state index contributed by atoms with van der Waals surface area (Å²) < 4.78 is 2.07. The van der Waals surface area contributed by atoms with Crippen molar-refractivity contribution in [2.24, 2.45) is 0 Å². The van der Waals surface area contributed by atoms with Gasteiger partial charge in [-0.1, -0.05) is 30.9 Å². The van der Waals surface area contributed by atoms with Crippen molar-refractivity contribution < 1.29 is 4.79 Å². The lowest BCUT2D eigenvalue weighted by Gasteiger charge is -2.14. The van der Waals surface area contributed by atoms with Crippen molar-refractivity contribution in [1.29, 1.82) is 0 Å². The molecule has 0 saturated heterocycles. The van der Waals surface area contributed by atoms with E-state index in [0.717, 1.165) is 50.1 Å². The fourth-order valence-corrected chi connectivity index (χ4v) is 5.09. The predicted molar refractivity (Wildman–Crippen MR) is 151 cm³/mol. The van der Waals surface area contributed by atoms with E-state index in [4.69, 9.17) is 0 Å². The van der Waals surface area contributed by atoms with Gasteiger partial charge in [0, 0.05) is 47.6 Å². The summed E-state index contributed by atoms with van der Waals surface area (Å²) in [6, 6.07) is 12.0. The van der Waals surface area contributed by atoms with Gasteiger partial charge in [-0.2, -0.15) is 0 Å². The number of pyridine rings is 1. The van der Waals surface area contributed by atoms with Crippen molar-refractivity contribution in [2.75, 3.05) is 5.32 Å². The van der Waals surface area contributed by atoms with Crippen LogP contribution >= 0.6 is 0 Å². The number of fused-ring (bicyclic) bond motifs is 1. The third kappa shape index (κ3) is 4.44. The smallest absolute Gasteiger partial charge is 0.255 e. The monoisotopic (exact) mass is 479 g/mol. The number of hydrogen-bond acceptors (Lipinski definition) is 3. The van der Waals surface area contributed by atoms with Gasteiger partial charge in [-0.15, -0.1) is 0 Å². The Morgan fingerprint density at radius 2 is 1.86 bits per heavy atom. The second-order valence-corrected chi connectivity index (χ2v) is 9.46. The quantitative estimate of drug-likeness (QED) is 0.277. The van der Waals surface area contributed by atoms with E-state index in [9.17, 15) is 9.59 Å².